The standard InChI is InChI=1S/C17H19N5O2/c1-21(17(24)14-15(18)20-10-9-19-14)13-8-5-11-22(16(13)23)12-6-3-2-4-7-12/h2-4,6-7,9-10,13H,5,8,11H2,1H3,(H2,18,20). The smallest absolute Gasteiger partial charge is 0.276 e. The molecule has 1 aliphatic heterocycles. The molecule has 7 heteroatoms. The van der Waals surface area contributed by atoms with Gasteiger partial charge in [0.1, 0.15) is 6.04 Å². The second-order valence-corrected chi connectivity index (χ2v) is 5.69. The molecule has 1 aliphatic rings. The number of nitrogens with two attached hydrogens (primary N) is 1. The van der Waals surface area contributed by atoms with E-state index in [1.165, 1.54) is 17.3 Å². The van der Waals surface area contributed by atoms with Crippen molar-refractivity contribution in [3.8, 4) is 0 Å². The molecule has 2 N–H and O–H groups in total. The Balaban J connectivity index is 1.82. The van der Waals surface area contributed by atoms with Gasteiger partial charge < -0.3 is 15.5 Å². The Labute approximate surface area is 140 Å². The maximum atomic E-state index is 12.9. The molecule has 0 aliphatic carbocycles. The maximum absolute atomic E-state index is 12.9. The van der Waals surface area contributed by atoms with Crippen LogP contribution in [0.5, 0.6) is 0 Å². The highest BCUT2D eigenvalue weighted by molar-refractivity contribution is 6.03. The van der Waals surface area contributed by atoms with Gasteiger partial charge in [-0.3, -0.25) is 9.59 Å². The number of rotatable bonds is 3. The Morgan fingerprint density at radius 2 is 1.96 bits per heavy atom. The third kappa shape index (κ3) is 2.92. The van der Waals surface area contributed by atoms with Gasteiger partial charge in [0.2, 0.25) is 5.91 Å². The molecule has 7 nitrogen and oxygen atoms in total. The highest BCUT2D eigenvalue weighted by atomic mass is 16.2. The van der Waals surface area contributed by atoms with Crippen LogP contribution in [0.25, 0.3) is 0 Å². The lowest BCUT2D eigenvalue weighted by atomic mass is 10.0. The molecule has 1 aromatic carbocycles. The summed E-state index contributed by atoms with van der Waals surface area (Å²) in [5, 5.41) is 0. The number of hydrogen-bond donors (Lipinski definition) is 1. The van der Waals surface area contributed by atoms with E-state index in [1.54, 1.807) is 11.9 Å². The number of benzene rings is 1. The first-order chi connectivity index (χ1) is 11.6. The first kappa shape index (κ1) is 15.9. The average molecular weight is 325 g/mol. The molecule has 0 saturated carbocycles. The Kier molecular flexibility index (Phi) is 4.41. The minimum Gasteiger partial charge on any atom is -0.382 e. The summed E-state index contributed by atoms with van der Waals surface area (Å²) in [5.74, 6) is -0.419. The Morgan fingerprint density at radius 1 is 1.25 bits per heavy atom. The summed E-state index contributed by atoms with van der Waals surface area (Å²) in [6.45, 7) is 0.647. The zero-order valence-electron chi connectivity index (χ0n) is 13.4. The summed E-state index contributed by atoms with van der Waals surface area (Å²) in [4.78, 5) is 36.5. The van der Waals surface area contributed by atoms with Crippen LogP contribution in [-0.2, 0) is 4.79 Å². The van der Waals surface area contributed by atoms with Gasteiger partial charge in [-0.05, 0) is 25.0 Å². The van der Waals surface area contributed by atoms with Crippen LogP contribution in [-0.4, -0.2) is 46.3 Å². The van der Waals surface area contributed by atoms with Gasteiger partial charge in [0, 0.05) is 31.7 Å². The van der Waals surface area contributed by atoms with E-state index >= 15 is 0 Å². The molecule has 0 radical (unpaired) electrons. The number of aromatic nitrogens is 2. The van der Waals surface area contributed by atoms with Crippen LogP contribution >= 0.6 is 0 Å². The molecular formula is C17H19N5O2. The van der Waals surface area contributed by atoms with Crippen LogP contribution in [0.1, 0.15) is 23.3 Å². The number of carbonyl (C=O) groups is 2. The largest absolute Gasteiger partial charge is 0.382 e. The fourth-order valence-corrected chi connectivity index (χ4v) is 2.90. The number of likely N-dealkylation sites (N-methyl/N-ethyl adjacent to an activating group) is 1. The minimum atomic E-state index is -0.534. The fraction of sp³-hybridized carbons (Fsp3) is 0.294. The van der Waals surface area contributed by atoms with Crippen molar-refractivity contribution in [1.82, 2.24) is 14.9 Å². The lowest BCUT2D eigenvalue weighted by Crippen LogP contribution is -2.53. The van der Waals surface area contributed by atoms with Crippen LogP contribution in [0.3, 0.4) is 0 Å². The van der Waals surface area contributed by atoms with Crippen LogP contribution in [0.4, 0.5) is 11.5 Å². The first-order valence-corrected chi connectivity index (χ1v) is 7.79. The van der Waals surface area contributed by atoms with Gasteiger partial charge in [-0.1, -0.05) is 18.2 Å². The van der Waals surface area contributed by atoms with Gasteiger partial charge in [0.15, 0.2) is 11.5 Å². The third-order valence-corrected chi connectivity index (χ3v) is 4.20. The predicted molar refractivity (Wildman–Crippen MR) is 90.4 cm³/mol. The van der Waals surface area contributed by atoms with Crippen molar-refractivity contribution in [2.45, 2.75) is 18.9 Å². The molecule has 0 bridgehead atoms. The molecular weight excluding hydrogens is 306 g/mol. The second-order valence-electron chi connectivity index (χ2n) is 5.69. The van der Waals surface area contributed by atoms with Crippen molar-refractivity contribution in [1.29, 1.82) is 0 Å². The Morgan fingerprint density at radius 3 is 2.67 bits per heavy atom. The summed E-state index contributed by atoms with van der Waals surface area (Å²) in [6.07, 6.45) is 4.27. The first-order valence-electron chi connectivity index (χ1n) is 7.79. The average Bonchev–Trinajstić information content (AvgIpc) is 2.62. The molecule has 1 aromatic heterocycles. The number of carbonyl (C=O) groups excluding carboxylic acids is 2. The number of amides is 2. The molecule has 1 atom stereocenters. The molecule has 1 saturated heterocycles. The van der Waals surface area contributed by atoms with Crippen molar-refractivity contribution in [3.63, 3.8) is 0 Å². The molecule has 2 heterocycles. The summed E-state index contributed by atoms with van der Waals surface area (Å²) < 4.78 is 0. The van der Waals surface area contributed by atoms with E-state index in [0.29, 0.717) is 13.0 Å². The normalized spacial score (nSPS) is 17.6. The van der Waals surface area contributed by atoms with E-state index in [2.05, 4.69) is 9.97 Å². The number of piperidine rings is 1. The second kappa shape index (κ2) is 6.66. The molecule has 1 fully saturated rings. The maximum Gasteiger partial charge on any atom is 0.276 e. The third-order valence-electron chi connectivity index (χ3n) is 4.20. The molecule has 2 amide bonds. The molecule has 0 spiro atoms. The number of nitrogen functional groups attached to an aromatic ring is 1. The van der Waals surface area contributed by atoms with Gasteiger partial charge in [-0.2, -0.15) is 0 Å². The van der Waals surface area contributed by atoms with Crippen molar-refractivity contribution >= 4 is 23.3 Å². The SMILES string of the molecule is CN(C(=O)c1nccnc1N)C1CCCN(c2ccccc2)C1=O. The van der Waals surface area contributed by atoms with E-state index in [4.69, 9.17) is 5.73 Å². The highest BCUT2D eigenvalue weighted by Crippen LogP contribution is 2.24. The molecule has 124 valence electrons. The summed E-state index contributed by atoms with van der Waals surface area (Å²) in [7, 11) is 1.60. The molecule has 24 heavy (non-hydrogen) atoms. The van der Waals surface area contributed by atoms with Crippen molar-refractivity contribution < 1.29 is 9.59 Å². The number of hydrogen-bond acceptors (Lipinski definition) is 5. The highest BCUT2D eigenvalue weighted by Gasteiger charge is 2.35. The lowest BCUT2D eigenvalue weighted by Gasteiger charge is -2.36. The zero-order chi connectivity index (χ0) is 17.1. The number of nitrogens with zero attached hydrogens (tertiary/aromatic N) is 4. The van der Waals surface area contributed by atoms with Crippen molar-refractivity contribution in [3.05, 3.63) is 48.4 Å². The monoisotopic (exact) mass is 325 g/mol. The van der Waals surface area contributed by atoms with E-state index in [9.17, 15) is 9.59 Å². The fourth-order valence-electron chi connectivity index (χ4n) is 2.90. The zero-order valence-corrected chi connectivity index (χ0v) is 13.4. The van der Waals surface area contributed by atoms with Crippen LogP contribution < -0.4 is 10.6 Å². The molecule has 2 aromatic rings. The van der Waals surface area contributed by atoms with Gasteiger partial charge in [0.05, 0.1) is 0 Å². The van der Waals surface area contributed by atoms with Crippen LogP contribution in [0, 0.1) is 0 Å². The Hall–Kier alpha value is -2.96. The summed E-state index contributed by atoms with van der Waals surface area (Å²) in [5.41, 5.74) is 6.64. The molecule has 3 rings (SSSR count). The van der Waals surface area contributed by atoms with Crippen molar-refractivity contribution in [2.24, 2.45) is 0 Å². The Bertz CT molecular complexity index is 750. The van der Waals surface area contributed by atoms with E-state index in [1.807, 2.05) is 30.3 Å². The van der Waals surface area contributed by atoms with Gasteiger partial charge in [-0.15, -0.1) is 0 Å². The van der Waals surface area contributed by atoms with Gasteiger partial charge in [0.25, 0.3) is 5.91 Å². The van der Waals surface area contributed by atoms with Crippen molar-refractivity contribution in [2.75, 3.05) is 24.2 Å². The number of anilines is 2. The molecule has 1 unspecified atom stereocenters. The quantitative estimate of drug-likeness (QED) is 0.919. The van der Waals surface area contributed by atoms with Gasteiger partial charge >= 0.3 is 0 Å². The van der Waals surface area contributed by atoms with E-state index < -0.39 is 11.9 Å². The van der Waals surface area contributed by atoms with Crippen LogP contribution in [0.2, 0.25) is 0 Å². The lowest BCUT2D eigenvalue weighted by molar-refractivity contribution is -0.124. The summed E-state index contributed by atoms with van der Waals surface area (Å²) in [6, 6.07) is 8.93. The van der Waals surface area contributed by atoms with E-state index in [0.717, 1.165) is 12.1 Å². The summed E-state index contributed by atoms with van der Waals surface area (Å²) >= 11 is 0. The van der Waals surface area contributed by atoms with Crippen LogP contribution in [0.15, 0.2) is 42.7 Å². The topological polar surface area (TPSA) is 92.4 Å². The van der Waals surface area contributed by atoms with E-state index in [-0.39, 0.29) is 17.4 Å². The predicted octanol–water partition coefficient (Wildman–Crippen LogP) is 1.33. The number of para-hydroxylation sites is 1. The minimum absolute atomic E-state index is 0.0672. The van der Waals surface area contributed by atoms with Gasteiger partial charge in [-0.25, -0.2) is 9.97 Å².